The predicted molar refractivity (Wildman–Crippen MR) is 80.0 cm³/mol. The fourth-order valence-electron chi connectivity index (χ4n) is 2.33. The summed E-state index contributed by atoms with van der Waals surface area (Å²) in [7, 11) is 0. The zero-order chi connectivity index (χ0) is 14.8. The fourth-order valence-corrected chi connectivity index (χ4v) is 2.33. The minimum Gasteiger partial charge on any atom is -0.328 e. The van der Waals surface area contributed by atoms with E-state index in [4.69, 9.17) is 5.73 Å². The number of para-hydroxylation sites is 1. The van der Waals surface area contributed by atoms with E-state index in [2.05, 4.69) is 10.3 Å². The zero-order valence-corrected chi connectivity index (χ0v) is 11.2. The number of hydrogen-bond acceptors (Lipinski definition) is 3. The van der Waals surface area contributed by atoms with E-state index < -0.39 is 6.04 Å². The van der Waals surface area contributed by atoms with Crippen LogP contribution in [0.3, 0.4) is 0 Å². The second kappa shape index (κ2) is 5.46. The highest BCUT2D eigenvalue weighted by Gasteiger charge is 2.25. The number of nitrogens with one attached hydrogen (secondary N) is 1. The first kappa shape index (κ1) is 13.5. The maximum Gasteiger partial charge on any atom is 0.250 e. The monoisotopic (exact) mass is 283 g/mol. The first-order chi connectivity index (χ1) is 10.2. The Balaban J connectivity index is 2.24. The van der Waals surface area contributed by atoms with E-state index in [0.29, 0.717) is 22.5 Å². The van der Waals surface area contributed by atoms with Gasteiger partial charge in [0, 0.05) is 17.7 Å². The van der Waals surface area contributed by atoms with Crippen LogP contribution in [0.5, 0.6) is 0 Å². The highest BCUT2D eigenvalue weighted by molar-refractivity contribution is 6.19. The number of fused-ring (bicyclic) bond motifs is 1. The largest absolute Gasteiger partial charge is 0.328 e. The maximum atomic E-state index is 14.1. The molecule has 0 unspecified atom stereocenters. The summed E-state index contributed by atoms with van der Waals surface area (Å²) in [5.41, 5.74) is 7.72. The van der Waals surface area contributed by atoms with Crippen LogP contribution < -0.4 is 11.1 Å². The number of rotatable bonds is 2. The van der Waals surface area contributed by atoms with Crippen molar-refractivity contribution in [3.05, 3.63) is 65.5 Å². The van der Waals surface area contributed by atoms with Crippen molar-refractivity contribution in [1.82, 2.24) is 0 Å². The minimum atomic E-state index is -0.730. The van der Waals surface area contributed by atoms with Crippen LogP contribution in [0.1, 0.15) is 11.1 Å². The Labute approximate surface area is 121 Å². The van der Waals surface area contributed by atoms with E-state index in [0.717, 1.165) is 0 Å². The molecule has 1 heterocycles. The summed E-state index contributed by atoms with van der Waals surface area (Å²) in [4.78, 5) is 16.5. The lowest BCUT2D eigenvalue weighted by molar-refractivity contribution is -0.117. The molecule has 1 atom stereocenters. The highest BCUT2D eigenvalue weighted by atomic mass is 19.1. The molecule has 0 aliphatic carbocycles. The second-order valence-electron chi connectivity index (χ2n) is 4.74. The molecule has 4 nitrogen and oxygen atoms in total. The molecule has 2 aromatic carbocycles. The van der Waals surface area contributed by atoms with Gasteiger partial charge in [0.2, 0.25) is 0 Å². The number of benzene rings is 2. The molecule has 1 amide bonds. The van der Waals surface area contributed by atoms with E-state index in [9.17, 15) is 9.18 Å². The summed E-state index contributed by atoms with van der Waals surface area (Å²) in [5.74, 6) is -0.660. The predicted octanol–water partition coefficient (Wildman–Crippen LogP) is 1.94. The average molecular weight is 283 g/mol. The van der Waals surface area contributed by atoms with Gasteiger partial charge in [0.25, 0.3) is 5.91 Å². The van der Waals surface area contributed by atoms with E-state index in [1.807, 2.05) is 6.07 Å². The number of nitrogens with two attached hydrogens (primary N) is 1. The summed E-state index contributed by atoms with van der Waals surface area (Å²) in [6.07, 6.45) is 0. The molecular weight excluding hydrogens is 269 g/mol. The Kier molecular flexibility index (Phi) is 3.50. The fraction of sp³-hybridized carbons (Fsp3) is 0.125. The van der Waals surface area contributed by atoms with Crippen molar-refractivity contribution >= 4 is 17.3 Å². The Bertz CT molecular complexity index is 727. The number of halogens is 1. The van der Waals surface area contributed by atoms with Gasteiger partial charge >= 0.3 is 0 Å². The van der Waals surface area contributed by atoms with Crippen LogP contribution in [-0.2, 0) is 4.79 Å². The summed E-state index contributed by atoms with van der Waals surface area (Å²) in [6.45, 7) is 0.0672. The number of hydrogen-bond donors (Lipinski definition) is 2. The Hall–Kier alpha value is -2.53. The molecule has 0 saturated heterocycles. The lowest BCUT2D eigenvalue weighted by Crippen LogP contribution is -2.32. The molecule has 0 fully saturated rings. The van der Waals surface area contributed by atoms with Gasteiger partial charge in [0.05, 0.1) is 11.4 Å². The molecule has 21 heavy (non-hydrogen) atoms. The number of amides is 1. The van der Waals surface area contributed by atoms with E-state index in [-0.39, 0.29) is 18.3 Å². The van der Waals surface area contributed by atoms with Crippen molar-refractivity contribution in [2.24, 2.45) is 10.7 Å². The maximum absolute atomic E-state index is 14.1. The van der Waals surface area contributed by atoms with Gasteiger partial charge in [-0.15, -0.1) is 0 Å². The molecule has 0 radical (unpaired) electrons. The minimum absolute atomic E-state index is 0.0672. The molecule has 1 aliphatic heterocycles. The number of nitrogens with zero attached hydrogens (tertiary/aromatic N) is 1. The van der Waals surface area contributed by atoms with Crippen LogP contribution in [0.15, 0.2) is 53.5 Å². The highest BCUT2D eigenvalue weighted by Crippen LogP contribution is 2.25. The molecule has 3 N–H and O–H groups in total. The van der Waals surface area contributed by atoms with Crippen molar-refractivity contribution in [2.45, 2.75) is 6.04 Å². The molecule has 3 rings (SSSR count). The topological polar surface area (TPSA) is 67.5 Å². The number of anilines is 1. The molecule has 5 heteroatoms. The Morgan fingerprint density at radius 2 is 1.76 bits per heavy atom. The lowest BCUT2D eigenvalue weighted by Gasteiger charge is -2.10. The van der Waals surface area contributed by atoms with Gasteiger partial charge in [-0.05, 0) is 18.2 Å². The van der Waals surface area contributed by atoms with Gasteiger partial charge in [0.1, 0.15) is 11.9 Å². The molecule has 2 aromatic rings. The molecule has 0 saturated carbocycles. The summed E-state index contributed by atoms with van der Waals surface area (Å²) in [6, 6.07) is 12.8. The third kappa shape index (κ3) is 2.43. The molecule has 0 aromatic heterocycles. The van der Waals surface area contributed by atoms with Gasteiger partial charge in [-0.2, -0.15) is 0 Å². The summed E-state index contributed by atoms with van der Waals surface area (Å²) in [5, 5.41) is 2.79. The Morgan fingerprint density at radius 1 is 1.10 bits per heavy atom. The van der Waals surface area contributed by atoms with Gasteiger partial charge in [-0.1, -0.05) is 30.3 Å². The standard InChI is InChI=1S/C16H14FN3O/c17-12-7-3-1-5-10(12)15-11-6-2-4-8-13(11)20-16(21)14(9-18)19-15/h1-8,14H,9,18H2,(H,20,21)/t14-/m0/s1. The first-order valence-electron chi connectivity index (χ1n) is 6.63. The van der Waals surface area contributed by atoms with E-state index in [1.165, 1.54) is 6.07 Å². The first-order valence-corrected chi connectivity index (χ1v) is 6.63. The molecule has 1 aliphatic rings. The van der Waals surface area contributed by atoms with Crippen LogP contribution in [-0.4, -0.2) is 24.2 Å². The molecular formula is C16H14FN3O. The molecule has 0 bridgehead atoms. The molecule has 0 spiro atoms. The van der Waals surface area contributed by atoms with Crippen LogP contribution in [0.2, 0.25) is 0 Å². The zero-order valence-electron chi connectivity index (χ0n) is 11.2. The van der Waals surface area contributed by atoms with Gasteiger partial charge < -0.3 is 11.1 Å². The van der Waals surface area contributed by atoms with E-state index >= 15 is 0 Å². The third-order valence-corrected chi connectivity index (χ3v) is 3.38. The smallest absolute Gasteiger partial charge is 0.250 e. The van der Waals surface area contributed by atoms with E-state index in [1.54, 1.807) is 36.4 Å². The SMILES string of the molecule is NC[C@@H]1N=C(c2ccccc2F)c2ccccc2NC1=O. The molecule has 106 valence electrons. The van der Waals surface area contributed by atoms with Crippen LogP contribution in [0.4, 0.5) is 10.1 Å². The lowest BCUT2D eigenvalue weighted by atomic mass is 10.00. The number of carbonyl (C=O) groups excluding carboxylic acids is 1. The third-order valence-electron chi connectivity index (χ3n) is 3.38. The van der Waals surface area contributed by atoms with Crippen LogP contribution >= 0.6 is 0 Å². The van der Waals surface area contributed by atoms with Crippen LogP contribution in [0.25, 0.3) is 0 Å². The Morgan fingerprint density at radius 3 is 2.48 bits per heavy atom. The average Bonchev–Trinajstić information content (AvgIpc) is 2.64. The normalized spacial score (nSPS) is 17.5. The van der Waals surface area contributed by atoms with Crippen molar-refractivity contribution < 1.29 is 9.18 Å². The number of aliphatic imine (C=N–C) groups is 1. The van der Waals surface area contributed by atoms with Gasteiger partial charge in [-0.3, -0.25) is 9.79 Å². The van der Waals surface area contributed by atoms with Crippen molar-refractivity contribution in [1.29, 1.82) is 0 Å². The second-order valence-corrected chi connectivity index (χ2v) is 4.74. The number of carbonyl (C=O) groups is 1. The van der Waals surface area contributed by atoms with Crippen molar-refractivity contribution in [2.75, 3.05) is 11.9 Å². The van der Waals surface area contributed by atoms with Crippen molar-refractivity contribution in [3.8, 4) is 0 Å². The summed E-state index contributed by atoms with van der Waals surface area (Å²) < 4.78 is 14.1. The van der Waals surface area contributed by atoms with Gasteiger partial charge in [0.15, 0.2) is 0 Å². The van der Waals surface area contributed by atoms with Crippen LogP contribution in [0, 0.1) is 5.82 Å². The van der Waals surface area contributed by atoms with Gasteiger partial charge in [-0.25, -0.2) is 4.39 Å². The van der Waals surface area contributed by atoms with Crippen molar-refractivity contribution in [3.63, 3.8) is 0 Å². The number of benzodiazepines with no additional fused rings is 1. The summed E-state index contributed by atoms with van der Waals surface area (Å²) >= 11 is 0. The quantitative estimate of drug-likeness (QED) is 0.884.